The Hall–Kier alpha value is -1.44. The van der Waals surface area contributed by atoms with Gasteiger partial charge in [-0.15, -0.1) is 23.7 Å². The van der Waals surface area contributed by atoms with E-state index in [4.69, 9.17) is 0 Å². The van der Waals surface area contributed by atoms with E-state index in [1.54, 1.807) is 17.7 Å². The highest BCUT2D eigenvalue weighted by Crippen LogP contribution is 2.31. The molecule has 0 saturated carbocycles. The van der Waals surface area contributed by atoms with Crippen molar-refractivity contribution < 1.29 is 4.79 Å². The lowest BCUT2D eigenvalue weighted by molar-refractivity contribution is -0.123. The van der Waals surface area contributed by atoms with E-state index in [1.807, 2.05) is 5.38 Å². The third kappa shape index (κ3) is 3.34. The summed E-state index contributed by atoms with van der Waals surface area (Å²) in [6.07, 6.45) is 5.56. The molecule has 0 aliphatic carbocycles. The van der Waals surface area contributed by atoms with Gasteiger partial charge in [-0.05, 0) is 50.2 Å². The van der Waals surface area contributed by atoms with E-state index in [9.17, 15) is 4.79 Å². The molecule has 0 aromatic carbocycles. The van der Waals surface area contributed by atoms with E-state index in [2.05, 4.69) is 31.6 Å². The molecule has 1 unspecified atom stereocenters. The fourth-order valence-electron chi connectivity index (χ4n) is 3.56. The Morgan fingerprint density at radius 2 is 2.12 bits per heavy atom. The molecule has 2 aromatic heterocycles. The van der Waals surface area contributed by atoms with Crippen molar-refractivity contribution in [3.63, 3.8) is 0 Å². The van der Waals surface area contributed by atoms with E-state index < -0.39 is 0 Å². The van der Waals surface area contributed by atoms with Gasteiger partial charge in [-0.3, -0.25) is 4.79 Å². The quantitative estimate of drug-likeness (QED) is 0.867. The average Bonchev–Trinajstić information content (AvgIpc) is 3.24. The minimum Gasteiger partial charge on any atom is -0.351 e. The maximum atomic E-state index is 12.8. The molecule has 2 aliphatic rings. The van der Waals surface area contributed by atoms with Crippen molar-refractivity contribution in [2.24, 2.45) is 0 Å². The Morgan fingerprint density at radius 1 is 1.29 bits per heavy atom. The molecule has 2 N–H and O–H groups in total. The number of nitrogens with one attached hydrogen (secondary N) is 2. The van der Waals surface area contributed by atoms with Gasteiger partial charge in [0.2, 0.25) is 5.91 Å². The van der Waals surface area contributed by atoms with E-state index in [0.29, 0.717) is 6.04 Å². The number of thiophene rings is 1. The number of carbonyl (C=O) groups excluding carboxylic acids is 1. The molecule has 4 heterocycles. The molecule has 4 rings (SSSR count). The van der Waals surface area contributed by atoms with Gasteiger partial charge in [-0.25, -0.2) is 9.97 Å². The molecule has 2 saturated heterocycles. The van der Waals surface area contributed by atoms with Crippen molar-refractivity contribution in [2.75, 3.05) is 24.5 Å². The summed E-state index contributed by atoms with van der Waals surface area (Å²) in [4.78, 5) is 24.7. The van der Waals surface area contributed by atoms with E-state index in [-0.39, 0.29) is 24.4 Å². The SMILES string of the molecule is Cl.O=C(NC1CCNCC1)C1CCCN1c1ncnc2sccc12. The Labute approximate surface area is 151 Å². The number of hydrogen-bond donors (Lipinski definition) is 2. The van der Waals surface area contributed by atoms with Crippen molar-refractivity contribution in [2.45, 2.75) is 37.8 Å². The second-order valence-corrected chi connectivity index (χ2v) is 7.12. The number of amides is 1. The summed E-state index contributed by atoms with van der Waals surface area (Å²) in [6, 6.07) is 2.25. The van der Waals surface area contributed by atoms with Crippen LogP contribution in [0.1, 0.15) is 25.7 Å². The highest BCUT2D eigenvalue weighted by Gasteiger charge is 2.33. The van der Waals surface area contributed by atoms with Gasteiger partial charge in [0, 0.05) is 12.6 Å². The van der Waals surface area contributed by atoms with Gasteiger partial charge >= 0.3 is 0 Å². The average molecular weight is 368 g/mol. The van der Waals surface area contributed by atoms with Crippen molar-refractivity contribution in [1.82, 2.24) is 20.6 Å². The number of hydrogen-bond acceptors (Lipinski definition) is 6. The minimum atomic E-state index is -0.108. The Morgan fingerprint density at radius 3 is 2.96 bits per heavy atom. The topological polar surface area (TPSA) is 70.2 Å². The summed E-state index contributed by atoms with van der Waals surface area (Å²) in [6.45, 7) is 2.85. The van der Waals surface area contributed by atoms with Crippen LogP contribution in [0.25, 0.3) is 10.2 Å². The lowest BCUT2D eigenvalue weighted by atomic mass is 10.1. The smallest absolute Gasteiger partial charge is 0.242 e. The number of fused-ring (bicyclic) bond motifs is 1. The zero-order chi connectivity index (χ0) is 15.6. The third-order valence-corrected chi connectivity index (χ3v) is 5.57. The molecule has 6 nitrogen and oxygen atoms in total. The van der Waals surface area contributed by atoms with Crippen molar-refractivity contribution in [3.8, 4) is 0 Å². The van der Waals surface area contributed by atoms with Crippen LogP contribution in [-0.4, -0.2) is 47.6 Å². The Balaban J connectivity index is 0.00000169. The number of carbonyl (C=O) groups is 1. The first-order valence-corrected chi connectivity index (χ1v) is 9.17. The summed E-state index contributed by atoms with van der Waals surface area (Å²) in [7, 11) is 0. The first-order chi connectivity index (χ1) is 11.3. The van der Waals surface area contributed by atoms with Gasteiger partial charge < -0.3 is 15.5 Å². The van der Waals surface area contributed by atoms with Crippen LogP contribution in [0.5, 0.6) is 0 Å². The molecule has 0 spiro atoms. The number of piperidine rings is 1. The van der Waals surface area contributed by atoms with E-state index >= 15 is 0 Å². The molecule has 0 radical (unpaired) electrons. The van der Waals surface area contributed by atoms with Gasteiger partial charge in [0.15, 0.2) is 0 Å². The molecule has 2 fully saturated rings. The summed E-state index contributed by atoms with van der Waals surface area (Å²) in [5.74, 6) is 1.05. The largest absolute Gasteiger partial charge is 0.351 e. The van der Waals surface area contributed by atoms with Crippen molar-refractivity contribution >= 4 is 45.7 Å². The first-order valence-electron chi connectivity index (χ1n) is 8.29. The number of aromatic nitrogens is 2. The molecule has 130 valence electrons. The number of anilines is 1. The van der Waals surface area contributed by atoms with Crippen LogP contribution in [-0.2, 0) is 4.79 Å². The highest BCUT2D eigenvalue weighted by atomic mass is 35.5. The molecular formula is C16H22ClN5OS. The molecule has 24 heavy (non-hydrogen) atoms. The van der Waals surface area contributed by atoms with Gasteiger partial charge in [0.05, 0.1) is 5.39 Å². The van der Waals surface area contributed by atoms with E-state index in [1.165, 1.54) is 0 Å². The maximum absolute atomic E-state index is 12.8. The first kappa shape index (κ1) is 17.4. The van der Waals surface area contributed by atoms with Crippen LogP contribution < -0.4 is 15.5 Å². The van der Waals surface area contributed by atoms with Crippen LogP contribution in [0.2, 0.25) is 0 Å². The van der Waals surface area contributed by atoms with Gasteiger partial charge in [-0.2, -0.15) is 0 Å². The number of nitrogens with zero attached hydrogens (tertiary/aromatic N) is 3. The van der Waals surface area contributed by atoms with Gasteiger partial charge in [0.1, 0.15) is 23.0 Å². The van der Waals surface area contributed by atoms with E-state index in [0.717, 1.165) is 61.4 Å². The minimum absolute atomic E-state index is 0. The highest BCUT2D eigenvalue weighted by molar-refractivity contribution is 7.16. The zero-order valence-corrected chi connectivity index (χ0v) is 15.0. The summed E-state index contributed by atoms with van der Waals surface area (Å²) in [5, 5.41) is 9.66. The fraction of sp³-hybridized carbons (Fsp3) is 0.562. The van der Waals surface area contributed by atoms with Crippen LogP contribution in [0.3, 0.4) is 0 Å². The van der Waals surface area contributed by atoms with Crippen molar-refractivity contribution in [3.05, 3.63) is 17.8 Å². The lowest BCUT2D eigenvalue weighted by Crippen LogP contribution is -2.50. The monoisotopic (exact) mass is 367 g/mol. The lowest BCUT2D eigenvalue weighted by Gasteiger charge is -2.29. The van der Waals surface area contributed by atoms with Crippen LogP contribution in [0, 0.1) is 0 Å². The number of halogens is 1. The second kappa shape index (κ2) is 7.63. The number of rotatable bonds is 3. The molecular weight excluding hydrogens is 346 g/mol. The summed E-state index contributed by atoms with van der Waals surface area (Å²) in [5.41, 5.74) is 0. The molecule has 0 bridgehead atoms. The molecule has 1 atom stereocenters. The molecule has 1 amide bonds. The maximum Gasteiger partial charge on any atom is 0.242 e. The predicted octanol–water partition coefficient (Wildman–Crippen LogP) is 1.95. The van der Waals surface area contributed by atoms with Gasteiger partial charge in [0.25, 0.3) is 0 Å². The third-order valence-electron chi connectivity index (χ3n) is 4.75. The molecule has 2 aromatic rings. The summed E-state index contributed by atoms with van der Waals surface area (Å²) < 4.78 is 0. The standard InChI is InChI=1S/C16H21N5OS.ClH/c22-15(20-11-3-6-17-7-4-11)13-2-1-8-21(13)14-12-5-9-23-16(12)19-10-18-14;/h5,9-11,13,17H,1-4,6-8H2,(H,20,22);1H. The predicted molar refractivity (Wildman–Crippen MR) is 99.1 cm³/mol. The van der Waals surface area contributed by atoms with Crippen molar-refractivity contribution in [1.29, 1.82) is 0 Å². The fourth-order valence-corrected chi connectivity index (χ4v) is 4.29. The molecule has 8 heteroatoms. The van der Waals surface area contributed by atoms with Gasteiger partial charge in [-0.1, -0.05) is 0 Å². The van der Waals surface area contributed by atoms with Crippen LogP contribution in [0.4, 0.5) is 5.82 Å². The van der Waals surface area contributed by atoms with Crippen LogP contribution >= 0.6 is 23.7 Å². The Bertz CT molecular complexity index is 703. The normalized spacial score (nSPS) is 21.7. The Kier molecular flexibility index (Phi) is 5.53. The second-order valence-electron chi connectivity index (χ2n) is 6.22. The molecule has 2 aliphatic heterocycles. The summed E-state index contributed by atoms with van der Waals surface area (Å²) >= 11 is 1.61. The zero-order valence-electron chi connectivity index (χ0n) is 13.4. The van der Waals surface area contributed by atoms with Crippen LogP contribution in [0.15, 0.2) is 17.8 Å².